The number of morpholine rings is 1. The highest BCUT2D eigenvalue weighted by molar-refractivity contribution is 5.96. The third kappa shape index (κ3) is 18.8. The van der Waals surface area contributed by atoms with Crippen LogP contribution in [0.15, 0.2) is 159 Å². The van der Waals surface area contributed by atoms with Gasteiger partial charge in [-0.1, -0.05) is 98.6 Å². The molecule has 5 aromatic heterocycles. The summed E-state index contributed by atoms with van der Waals surface area (Å²) in [6.45, 7) is 49.7. The molecule has 14 heterocycles. The molecule has 0 bridgehead atoms. The number of anilines is 6. The van der Waals surface area contributed by atoms with Crippen molar-refractivity contribution in [2.75, 3.05) is 201 Å². The number of likely N-dealkylation sites (tertiary alicyclic amines) is 2. The van der Waals surface area contributed by atoms with Gasteiger partial charge in [-0.15, -0.1) is 0 Å². The number of piperazine rings is 3. The van der Waals surface area contributed by atoms with E-state index in [4.69, 9.17) is 68.6 Å². The van der Waals surface area contributed by atoms with Crippen molar-refractivity contribution in [1.29, 1.82) is 0 Å². The van der Waals surface area contributed by atoms with Crippen molar-refractivity contribution >= 4 is 79.4 Å². The Labute approximate surface area is 720 Å². The Kier molecular flexibility index (Phi) is 26.5. The molecule has 9 aliphatic heterocycles. The van der Waals surface area contributed by atoms with Gasteiger partial charge in [0, 0.05) is 154 Å². The molecule has 6 atom stereocenters. The Bertz CT molecular complexity index is 5480. The zero-order chi connectivity index (χ0) is 85.0. The maximum absolute atomic E-state index is 12.5. The number of hydrogen-bond donors (Lipinski definition) is 0. The lowest BCUT2D eigenvalue weighted by atomic mass is 10.0. The van der Waals surface area contributed by atoms with E-state index in [2.05, 4.69) is 225 Å². The lowest BCUT2D eigenvalue weighted by Gasteiger charge is -2.41. The summed E-state index contributed by atoms with van der Waals surface area (Å²) in [4.78, 5) is 104. The molecule has 29 nitrogen and oxygen atoms in total. The number of likely N-dealkylation sites (N-methyl/N-ethyl adjacent to an activating group) is 3. The molecule has 6 fully saturated rings. The van der Waals surface area contributed by atoms with Gasteiger partial charge in [0.05, 0.1) is 43.3 Å². The van der Waals surface area contributed by atoms with Gasteiger partial charge in [-0.25, -0.2) is 19.7 Å². The molecule has 0 N–H and O–H groups in total. The number of amides is 3. The number of ether oxygens (including phenoxy) is 4. The molecule has 638 valence electrons. The van der Waals surface area contributed by atoms with Crippen LogP contribution in [0.1, 0.15) is 59.5 Å². The van der Waals surface area contributed by atoms with Gasteiger partial charge in [-0.2, -0.15) is 29.9 Å². The number of aromatic nitrogens is 7. The molecule has 9 aromatic rings. The molecule has 18 rings (SSSR count). The highest BCUT2D eigenvalue weighted by Gasteiger charge is 2.40. The first-order valence-corrected chi connectivity index (χ1v) is 43.2. The number of nitrogens with zero attached hydrogens (tertiary/aromatic N) is 22. The first-order chi connectivity index (χ1) is 60.1. The minimum Gasteiger partial charge on any atom is -0.462 e. The molecular weight excluding hydrogens is 1550 g/mol. The van der Waals surface area contributed by atoms with E-state index in [0.29, 0.717) is 135 Å². The minimum atomic E-state index is -0.237. The van der Waals surface area contributed by atoms with Crippen molar-refractivity contribution < 1.29 is 33.3 Å². The molecule has 3 amide bonds. The highest BCUT2D eigenvalue weighted by Crippen LogP contribution is 2.40. The van der Waals surface area contributed by atoms with Gasteiger partial charge >= 0.3 is 18.0 Å². The third-order valence-corrected chi connectivity index (χ3v) is 25.7. The van der Waals surface area contributed by atoms with Crippen LogP contribution in [0.25, 0.3) is 41.6 Å². The highest BCUT2D eigenvalue weighted by atomic mass is 16.5. The second-order valence-corrected chi connectivity index (χ2v) is 33.2. The summed E-state index contributed by atoms with van der Waals surface area (Å²) in [6.07, 6.45) is 13.0. The number of pyridine rings is 1. The van der Waals surface area contributed by atoms with E-state index in [-0.39, 0.29) is 61.6 Å². The average molecular weight is 1660 g/mol. The summed E-state index contributed by atoms with van der Waals surface area (Å²) in [6, 6.07) is 41.6. The van der Waals surface area contributed by atoms with E-state index >= 15 is 0 Å². The van der Waals surface area contributed by atoms with Crippen LogP contribution >= 0.6 is 0 Å². The van der Waals surface area contributed by atoms with E-state index in [9.17, 15) is 14.4 Å². The Morgan fingerprint density at radius 1 is 0.439 bits per heavy atom. The Balaban J connectivity index is 0.000000137. The van der Waals surface area contributed by atoms with Crippen molar-refractivity contribution in [3.8, 4) is 18.0 Å². The second kappa shape index (κ2) is 38.7. The van der Waals surface area contributed by atoms with E-state index in [0.717, 1.165) is 140 Å². The lowest BCUT2D eigenvalue weighted by Crippen LogP contribution is -2.56. The molecule has 0 saturated carbocycles. The average Bonchev–Trinajstić information content (AvgIpc) is 0.814. The molecule has 0 aliphatic carbocycles. The van der Waals surface area contributed by atoms with Crippen LogP contribution in [0, 0.1) is 19.7 Å². The summed E-state index contributed by atoms with van der Waals surface area (Å²) in [5, 5.41) is 4.89. The lowest BCUT2D eigenvalue weighted by molar-refractivity contribution is -0.129. The van der Waals surface area contributed by atoms with Crippen molar-refractivity contribution in [3.05, 3.63) is 227 Å². The second-order valence-electron chi connectivity index (χ2n) is 33.2. The van der Waals surface area contributed by atoms with Crippen molar-refractivity contribution in [2.45, 2.75) is 101 Å². The number of hydrogen-bond acceptors (Lipinski definition) is 22. The normalized spacial score (nSPS) is 21.2. The maximum atomic E-state index is 12.5. The zero-order valence-electron chi connectivity index (χ0n) is 70.9. The van der Waals surface area contributed by atoms with Crippen LogP contribution < -0.4 is 43.6 Å². The van der Waals surface area contributed by atoms with Gasteiger partial charge in [-0.05, 0) is 145 Å². The summed E-state index contributed by atoms with van der Waals surface area (Å²) < 4.78 is 26.9. The summed E-state index contributed by atoms with van der Waals surface area (Å²) >= 11 is 0. The molecule has 29 heteroatoms. The number of carbonyl (C=O) groups is 3. The Morgan fingerprint density at radius 2 is 0.846 bits per heavy atom. The fourth-order valence-corrected chi connectivity index (χ4v) is 19.0. The molecule has 123 heavy (non-hydrogen) atoms. The van der Waals surface area contributed by atoms with E-state index in [1.165, 1.54) is 64.0 Å². The first kappa shape index (κ1) is 84.2. The van der Waals surface area contributed by atoms with Crippen LogP contribution in [0.3, 0.4) is 0 Å². The van der Waals surface area contributed by atoms with Crippen molar-refractivity contribution in [1.82, 2.24) is 63.7 Å². The monoisotopic (exact) mass is 1660 g/mol. The van der Waals surface area contributed by atoms with E-state index < -0.39 is 0 Å². The zero-order valence-corrected chi connectivity index (χ0v) is 70.9. The molecule has 4 aromatic carbocycles. The van der Waals surface area contributed by atoms with Gasteiger partial charge in [0.25, 0.3) is 0 Å². The Morgan fingerprint density at radius 3 is 1.27 bits per heavy atom. The largest absolute Gasteiger partial charge is 0.462 e. The molecule has 6 saturated heterocycles. The fraction of sp³-hybridized carbons (Fsp3) is 0.447. The molecule has 0 radical (unpaired) electrons. The van der Waals surface area contributed by atoms with Crippen molar-refractivity contribution in [3.63, 3.8) is 0 Å². The summed E-state index contributed by atoms with van der Waals surface area (Å²) in [5.41, 5.74) is 9.83. The summed E-state index contributed by atoms with van der Waals surface area (Å²) in [7, 11) is 6.37. The standard InChI is InChI=1S/C32H37N7O3.C32H37N7O2.C30H36N8O2/c1-4-30(40)39-15-14-38(19-24(39)18-33-2)31-27-12-13-37(29-11-7-9-23-8-5-6-10-26(23)29)21-28(27)34-32(35-31)42-22-25-20-36(3)16-17-41-25;1-4-30(40)39-18-17-38(20-25(39)19-33-2)31-27-14-16-37(29-13-7-10-23-9-5-6-12-26(23)29)21-28(27)34-32(35-31)41-22-24-11-8-15-36(24)3;1-4-28(39)38-17-16-36(19-24(38)18-31-2)29-25-12-15-35(27-11-5-8-22-9-7-14-37(22)27)20-26(25)32-30(33-29)40-21-23-10-6-13-34(23)3/h4-11,24-25H,1,12-22H2,3H3;4-7,9-10,12-13,24-25H,1,8,11,14-22H2,3H3;4-5,7-9,11,14,23-24H,1,6,10,12-13,15-21H2,3H3/t2*24-,25+;23-,24-/m010/s1. The molecular formula is C94H110N22O7. The predicted octanol–water partition coefficient (Wildman–Crippen LogP) is 9.70. The van der Waals surface area contributed by atoms with Crippen LogP contribution in [-0.2, 0) is 58.0 Å². The van der Waals surface area contributed by atoms with Gasteiger partial charge in [0.15, 0.2) is 0 Å². The molecule has 0 unspecified atom stereocenters. The topological polar surface area (TPSA) is 222 Å². The van der Waals surface area contributed by atoms with Gasteiger partial charge in [0.1, 0.15) is 67.3 Å². The van der Waals surface area contributed by atoms with Crippen LogP contribution in [-0.4, -0.2) is 290 Å². The van der Waals surface area contributed by atoms with E-state index in [1.807, 2.05) is 0 Å². The van der Waals surface area contributed by atoms with Crippen LogP contribution in [0.5, 0.6) is 18.0 Å². The quantitative estimate of drug-likeness (QED) is 0.0482. The molecule has 0 spiro atoms. The number of rotatable bonds is 21. The van der Waals surface area contributed by atoms with Crippen LogP contribution in [0.4, 0.5) is 34.6 Å². The fourth-order valence-electron chi connectivity index (χ4n) is 19.0. The predicted molar refractivity (Wildman–Crippen MR) is 479 cm³/mol. The first-order valence-electron chi connectivity index (χ1n) is 43.2. The van der Waals surface area contributed by atoms with Gasteiger partial charge < -0.3 is 96.7 Å². The maximum Gasteiger partial charge on any atom is 0.318 e. The van der Waals surface area contributed by atoms with Gasteiger partial charge in [0.2, 0.25) is 37.4 Å². The number of carbonyl (C=O) groups excluding carboxylic acids is 3. The number of fused-ring (bicyclic) bond motifs is 6. The van der Waals surface area contributed by atoms with Crippen molar-refractivity contribution in [2.24, 2.45) is 0 Å². The number of benzene rings is 4. The SMILES string of the molecule is [C-]#[N+]C[C@H]1CN(c2nc(OC[C@@H]3CCCN3C)nc3c2CCN(c2cccc4cccn24)C3)CCN1C(=O)C=C.[C-]#[N+]C[C@H]1CN(c2nc(OC[C@H]3CCCN3C)nc3c2CCN(c2cccc4ccccc24)C3)CCN1C(=O)C=C.[C-]#[N+]C[C@H]1CN(c2nc(OC[C@H]3CN(C)CCO3)nc3c2CCN(c2cccc4ccccc24)C3)CCN1C(=O)C=C. The Hall–Kier alpha value is -12.5. The smallest absolute Gasteiger partial charge is 0.318 e. The third-order valence-electron chi connectivity index (χ3n) is 25.7. The van der Waals surface area contributed by atoms with E-state index in [1.54, 1.807) is 14.7 Å². The minimum absolute atomic E-state index is 0.0458. The molecule has 9 aliphatic rings. The van der Waals surface area contributed by atoms with Crippen LogP contribution in [0.2, 0.25) is 0 Å². The summed E-state index contributed by atoms with van der Waals surface area (Å²) in [5.74, 6) is 3.34. The van der Waals surface area contributed by atoms with Gasteiger partial charge in [-0.3, -0.25) is 14.4 Å².